The third-order valence-corrected chi connectivity index (χ3v) is 6.16. The Morgan fingerprint density at radius 3 is 2.52 bits per heavy atom. The standard InChI is InChI=1S/C20H28N6O2S/c1-14(29-20-24-23-18(25(20)2)11-10-17(21)27)19(28)22-15-6-8-16(9-7-15)26-12-4-3-5-13-26/h6-9,14H,3-5,10-13H2,1-2H3,(H2,21,27)(H,22,28)/t14-/m1/s1. The molecule has 2 aromatic rings. The maximum atomic E-state index is 12.6. The van der Waals surface area contributed by atoms with E-state index in [1.54, 1.807) is 4.57 Å². The molecular formula is C20H28N6O2S. The number of rotatable bonds is 8. The summed E-state index contributed by atoms with van der Waals surface area (Å²) in [6.45, 7) is 4.02. The maximum Gasteiger partial charge on any atom is 0.237 e. The van der Waals surface area contributed by atoms with Crippen molar-refractivity contribution in [2.75, 3.05) is 23.3 Å². The Labute approximate surface area is 175 Å². The summed E-state index contributed by atoms with van der Waals surface area (Å²) in [5.41, 5.74) is 7.17. The van der Waals surface area contributed by atoms with E-state index < -0.39 is 0 Å². The van der Waals surface area contributed by atoms with Crippen LogP contribution in [-0.4, -0.2) is 44.9 Å². The van der Waals surface area contributed by atoms with Crippen molar-refractivity contribution in [3.63, 3.8) is 0 Å². The molecule has 156 valence electrons. The molecule has 1 aromatic heterocycles. The Morgan fingerprint density at radius 2 is 1.86 bits per heavy atom. The van der Waals surface area contributed by atoms with Crippen LogP contribution in [0.4, 0.5) is 11.4 Å². The molecule has 1 aliphatic rings. The molecule has 3 rings (SSSR count). The summed E-state index contributed by atoms with van der Waals surface area (Å²) in [5.74, 6) is 0.205. The monoisotopic (exact) mass is 416 g/mol. The highest BCUT2D eigenvalue weighted by molar-refractivity contribution is 8.00. The minimum absolute atomic E-state index is 0.0950. The lowest BCUT2D eigenvalue weighted by molar-refractivity contribution is -0.118. The van der Waals surface area contributed by atoms with Gasteiger partial charge in [-0.2, -0.15) is 0 Å². The molecule has 3 N–H and O–H groups in total. The van der Waals surface area contributed by atoms with Gasteiger partial charge in [-0.15, -0.1) is 10.2 Å². The quantitative estimate of drug-likeness (QED) is 0.640. The van der Waals surface area contributed by atoms with Crippen LogP contribution in [-0.2, 0) is 23.1 Å². The maximum absolute atomic E-state index is 12.6. The summed E-state index contributed by atoms with van der Waals surface area (Å²) in [5, 5.41) is 11.5. The van der Waals surface area contributed by atoms with E-state index >= 15 is 0 Å². The average Bonchev–Trinajstić information content (AvgIpc) is 3.07. The predicted molar refractivity (Wildman–Crippen MR) is 115 cm³/mol. The fourth-order valence-electron chi connectivity index (χ4n) is 3.26. The number of nitrogens with one attached hydrogen (secondary N) is 1. The summed E-state index contributed by atoms with van der Waals surface area (Å²) in [6.07, 6.45) is 4.43. The van der Waals surface area contributed by atoms with Gasteiger partial charge < -0.3 is 20.5 Å². The summed E-state index contributed by atoms with van der Waals surface area (Å²) < 4.78 is 1.80. The Hall–Kier alpha value is -2.55. The van der Waals surface area contributed by atoms with Crippen LogP contribution >= 0.6 is 11.8 Å². The fraction of sp³-hybridized carbons (Fsp3) is 0.500. The Morgan fingerprint density at radius 1 is 1.17 bits per heavy atom. The molecule has 1 atom stereocenters. The first-order valence-corrected chi connectivity index (χ1v) is 10.8. The number of primary amides is 1. The van der Waals surface area contributed by atoms with Crippen molar-refractivity contribution < 1.29 is 9.59 Å². The van der Waals surface area contributed by atoms with Gasteiger partial charge in [0.2, 0.25) is 11.8 Å². The van der Waals surface area contributed by atoms with Crippen molar-refractivity contribution in [2.45, 2.75) is 49.4 Å². The van der Waals surface area contributed by atoms with E-state index in [4.69, 9.17) is 5.73 Å². The van der Waals surface area contributed by atoms with Crippen LogP contribution in [0.15, 0.2) is 29.4 Å². The number of piperidine rings is 1. The number of hydrogen-bond donors (Lipinski definition) is 2. The van der Waals surface area contributed by atoms with Crippen LogP contribution in [0.5, 0.6) is 0 Å². The van der Waals surface area contributed by atoms with Gasteiger partial charge in [0.05, 0.1) is 5.25 Å². The van der Waals surface area contributed by atoms with Gasteiger partial charge in [-0.1, -0.05) is 11.8 Å². The second-order valence-corrected chi connectivity index (χ2v) is 8.58. The number of nitrogens with zero attached hydrogens (tertiary/aromatic N) is 4. The van der Waals surface area contributed by atoms with Gasteiger partial charge in [0.15, 0.2) is 5.16 Å². The van der Waals surface area contributed by atoms with Crippen LogP contribution in [0, 0.1) is 0 Å². The van der Waals surface area contributed by atoms with Crippen LogP contribution in [0.2, 0.25) is 0 Å². The zero-order chi connectivity index (χ0) is 20.8. The Kier molecular flexibility index (Phi) is 7.13. The summed E-state index contributed by atoms with van der Waals surface area (Å²) >= 11 is 1.33. The molecule has 0 spiro atoms. The van der Waals surface area contributed by atoms with E-state index in [2.05, 4.69) is 32.5 Å². The number of amides is 2. The molecule has 1 saturated heterocycles. The molecular weight excluding hydrogens is 388 g/mol. The topological polar surface area (TPSA) is 106 Å². The number of anilines is 2. The van der Waals surface area contributed by atoms with Crippen molar-refractivity contribution >= 4 is 35.0 Å². The van der Waals surface area contributed by atoms with Crippen LogP contribution in [0.25, 0.3) is 0 Å². The number of aromatic nitrogens is 3. The number of nitrogens with two attached hydrogens (primary N) is 1. The van der Waals surface area contributed by atoms with Gasteiger partial charge in [-0.3, -0.25) is 9.59 Å². The normalized spacial score (nSPS) is 15.2. The van der Waals surface area contributed by atoms with Crippen molar-refractivity contribution in [1.29, 1.82) is 0 Å². The second kappa shape index (κ2) is 9.78. The number of carbonyl (C=O) groups is 2. The lowest BCUT2D eigenvalue weighted by Crippen LogP contribution is -2.29. The number of aryl methyl sites for hydroxylation is 1. The molecule has 0 saturated carbocycles. The molecule has 0 radical (unpaired) electrons. The summed E-state index contributed by atoms with van der Waals surface area (Å²) in [6, 6.07) is 8.02. The highest BCUT2D eigenvalue weighted by atomic mass is 32.2. The van der Waals surface area contributed by atoms with E-state index in [1.165, 1.54) is 36.7 Å². The first-order valence-electron chi connectivity index (χ1n) is 9.93. The van der Waals surface area contributed by atoms with E-state index in [0.717, 1.165) is 18.8 Å². The van der Waals surface area contributed by atoms with Crippen LogP contribution < -0.4 is 16.0 Å². The molecule has 0 unspecified atom stereocenters. The Balaban J connectivity index is 1.54. The molecule has 0 aliphatic carbocycles. The van der Waals surface area contributed by atoms with Crippen LogP contribution in [0.3, 0.4) is 0 Å². The SMILES string of the molecule is C[C@@H](Sc1nnc(CCC(N)=O)n1C)C(=O)Nc1ccc(N2CCCCC2)cc1. The zero-order valence-electron chi connectivity index (χ0n) is 16.9. The number of carbonyl (C=O) groups excluding carboxylic acids is 2. The van der Waals surface area contributed by atoms with Gasteiger partial charge >= 0.3 is 0 Å². The van der Waals surface area contributed by atoms with Crippen LogP contribution in [0.1, 0.15) is 38.4 Å². The molecule has 1 aliphatic heterocycles. The predicted octanol–water partition coefficient (Wildman–Crippen LogP) is 2.34. The molecule has 1 aromatic carbocycles. The van der Waals surface area contributed by atoms with Gasteiger partial charge in [0.1, 0.15) is 5.82 Å². The van der Waals surface area contributed by atoms with Crippen molar-refractivity contribution in [3.8, 4) is 0 Å². The fourth-order valence-corrected chi connectivity index (χ4v) is 4.10. The van der Waals surface area contributed by atoms with Gasteiger partial charge in [0.25, 0.3) is 0 Å². The Bertz CT molecular complexity index is 845. The number of thioether (sulfide) groups is 1. The first-order chi connectivity index (χ1) is 13.9. The lowest BCUT2D eigenvalue weighted by atomic mass is 10.1. The molecule has 2 heterocycles. The third-order valence-electron chi connectivity index (χ3n) is 5.03. The first kappa shape index (κ1) is 21.2. The molecule has 1 fully saturated rings. The number of hydrogen-bond acceptors (Lipinski definition) is 6. The van der Waals surface area contributed by atoms with E-state index in [0.29, 0.717) is 17.4 Å². The molecule has 29 heavy (non-hydrogen) atoms. The smallest absolute Gasteiger partial charge is 0.237 e. The minimum Gasteiger partial charge on any atom is -0.372 e. The molecule has 9 heteroatoms. The average molecular weight is 417 g/mol. The van der Waals surface area contributed by atoms with Crippen molar-refractivity contribution in [1.82, 2.24) is 14.8 Å². The largest absolute Gasteiger partial charge is 0.372 e. The zero-order valence-corrected chi connectivity index (χ0v) is 17.7. The van der Waals surface area contributed by atoms with E-state index in [1.807, 2.05) is 26.1 Å². The summed E-state index contributed by atoms with van der Waals surface area (Å²) in [7, 11) is 1.82. The van der Waals surface area contributed by atoms with Gasteiger partial charge in [-0.25, -0.2) is 0 Å². The van der Waals surface area contributed by atoms with E-state index in [9.17, 15) is 9.59 Å². The minimum atomic E-state index is -0.374. The third kappa shape index (κ3) is 5.72. The van der Waals surface area contributed by atoms with Gasteiger partial charge in [0, 0.05) is 44.4 Å². The second-order valence-electron chi connectivity index (χ2n) is 7.27. The highest BCUT2D eigenvalue weighted by Crippen LogP contribution is 2.25. The molecule has 0 bridgehead atoms. The lowest BCUT2D eigenvalue weighted by Gasteiger charge is -2.28. The molecule has 8 nitrogen and oxygen atoms in total. The van der Waals surface area contributed by atoms with Gasteiger partial charge in [-0.05, 0) is 50.5 Å². The molecule has 2 amide bonds. The van der Waals surface area contributed by atoms with E-state index in [-0.39, 0.29) is 23.5 Å². The van der Waals surface area contributed by atoms with Crippen molar-refractivity contribution in [3.05, 3.63) is 30.1 Å². The summed E-state index contributed by atoms with van der Waals surface area (Å²) in [4.78, 5) is 25.9. The number of benzene rings is 1. The van der Waals surface area contributed by atoms with Crippen molar-refractivity contribution in [2.24, 2.45) is 12.8 Å². The highest BCUT2D eigenvalue weighted by Gasteiger charge is 2.19.